The average Bonchev–Trinajstić information content (AvgIpc) is 3.31. The van der Waals surface area contributed by atoms with Crippen LogP contribution in [0.4, 0.5) is 5.82 Å². The molecule has 34 heavy (non-hydrogen) atoms. The van der Waals surface area contributed by atoms with E-state index in [0.29, 0.717) is 19.5 Å². The number of thiophene rings is 1. The molecule has 1 aliphatic heterocycles. The van der Waals surface area contributed by atoms with Crippen molar-refractivity contribution in [1.82, 2.24) is 14.9 Å². The highest BCUT2D eigenvalue weighted by Crippen LogP contribution is 2.32. The van der Waals surface area contributed by atoms with Crippen molar-refractivity contribution in [2.75, 3.05) is 31.1 Å². The molecule has 5 rings (SSSR count). The minimum Gasteiger partial charge on any atom is -0.352 e. The monoisotopic (exact) mass is 470 g/mol. The van der Waals surface area contributed by atoms with Crippen LogP contribution in [0, 0.1) is 6.92 Å². The van der Waals surface area contributed by atoms with Gasteiger partial charge in [-0.25, -0.2) is 9.97 Å². The number of fused-ring (bicyclic) bond motifs is 1. The number of amides is 1. The van der Waals surface area contributed by atoms with Crippen LogP contribution in [-0.4, -0.2) is 47.0 Å². The number of hydrogen-bond acceptors (Lipinski definition) is 5. The Balaban J connectivity index is 1.30. The van der Waals surface area contributed by atoms with Gasteiger partial charge in [-0.05, 0) is 30.5 Å². The summed E-state index contributed by atoms with van der Waals surface area (Å²) in [5.74, 6) is 2.09. The van der Waals surface area contributed by atoms with Crippen molar-refractivity contribution in [3.05, 3.63) is 88.6 Å². The molecule has 0 N–H and O–H groups in total. The van der Waals surface area contributed by atoms with Gasteiger partial charge in [-0.1, -0.05) is 67.6 Å². The number of carbonyl (C=O) groups is 1. The van der Waals surface area contributed by atoms with Crippen LogP contribution in [0.15, 0.2) is 66.7 Å². The summed E-state index contributed by atoms with van der Waals surface area (Å²) in [6.45, 7) is 7.13. The number of anilines is 1. The lowest BCUT2D eigenvalue weighted by molar-refractivity contribution is -0.131. The van der Waals surface area contributed by atoms with Crippen LogP contribution < -0.4 is 4.90 Å². The molecule has 0 aliphatic carbocycles. The largest absolute Gasteiger partial charge is 0.352 e. The summed E-state index contributed by atoms with van der Waals surface area (Å²) in [5, 5.41) is 1.14. The summed E-state index contributed by atoms with van der Waals surface area (Å²) in [4.78, 5) is 29.6. The Hall–Kier alpha value is -3.25. The van der Waals surface area contributed by atoms with E-state index in [1.165, 1.54) is 16.0 Å². The van der Waals surface area contributed by atoms with Gasteiger partial charge in [0.25, 0.3) is 0 Å². The number of piperazine rings is 1. The normalized spacial score (nSPS) is 14.2. The van der Waals surface area contributed by atoms with E-state index in [2.05, 4.69) is 47.1 Å². The zero-order valence-electron chi connectivity index (χ0n) is 19.8. The zero-order valence-corrected chi connectivity index (χ0v) is 20.6. The van der Waals surface area contributed by atoms with Crippen molar-refractivity contribution in [2.24, 2.45) is 0 Å². The van der Waals surface area contributed by atoms with Gasteiger partial charge in [-0.3, -0.25) is 4.79 Å². The summed E-state index contributed by atoms with van der Waals surface area (Å²) < 4.78 is 0. The molecule has 1 saturated heterocycles. The van der Waals surface area contributed by atoms with E-state index in [4.69, 9.17) is 4.98 Å². The van der Waals surface area contributed by atoms with Gasteiger partial charge in [0.15, 0.2) is 0 Å². The average molecular weight is 471 g/mol. The number of nitrogens with zero attached hydrogens (tertiary/aromatic N) is 4. The second-order valence-corrected chi connectivity index (χ2v) is 9.94. The fraction of sp³-hybridized carbons (Fsp3) is 0.321. The molecule has 6 heteroatoms. The third-order valence-electron chi connectivity index (χ3n) is 6.60. The van der Waals surface area contributed by atoms with Crippen molar-refractivity contribution in [3.63, 3.8) is 0 Å². The molecule has 174 valence electrons. The molecular weight excluding hydrogens is 440 g/mol. The summed E-state index contributed by atoms with van der Waals surface area (Å²) >= 11 is 1.76. The van der Waals surface area contributed by atoms with Crippen molar-refractivity contribution in [3.8, 4) is 0 Å². The molecule has 0 bridgehead atoms. The van der Waals surface area contributed by atoms with E-state index in [0.717, 1.165) is 41.4 Å². The summed E-state index contributed by atoms with van der Waals surface area (Å²) in [6, 6.07) is 23.0. The lowest BCUT2D eigenvalue weighted by Gasteiger charge is -2.36. The van der Waals surface area contributed by atoms with Crippen molar-refractivity contribution in [1.29, 1.82) is 0 Å². The highest BCUT2D eigenvalue weighted by Gasteiger charge is 2.27. The van der Waals surface area contributed by atoms with Crippen molar-refractivity contribution >= 4 is 33.3 Å². The molecular formula is C28H30N4OS. The van der Waals surface area contributed by atoms with Crippen LogP contribution in [-0.2, 0) is 11.2 Å². The van der Waals surface area contributed by atoms with Gasteiger partial charge in [0.05, 0.1) is 5.39 Å². The highest BCUT2D eigenvalue weighted by atomic mass is 32.1. The maximum atomic E-state index is 13.4. The fourth-order valence-electron chi connectivity index (χ4n) is 4.75. The second kappa shape index (κ2) is 9.94. The van der Waals surface area contributed by atoms with Crippen LogP contribution in [0.3, 0.4) is 0 Å². The Morgan fingerprint density at radius 2 is 1.56 bits per heavy atom. The quantitative estimate of drug-likeness (QED) is 0.377. The fourth-order valence-corrected chi connectivity index (χ4v) is 5.75. The lowest BCUT2D eigenvalue weighted by atomic mass is 9.88. The van der Waals surface area contributed by atoms with Crippen LogP contribution in [0.5, 0.6) is 0 Å². The van der Waals surface area contributed by atoms with Gasteiger partial charge in [-0.15, -0.1) is 11.3 Å². The van der Waals surface area contributed by atoms with Gasteiger partial charge in [0.1, 0.15) is 16.5 Å². The molecule has 0 atom stereocenters. The van der Waals surface area contributed by atoms with Gasteiger partial charge in [0, 0.05) is 43.4 Å². The third-order valence-corrected chi connectivity index (χ3v) is 7.77. The van der Waals surface area contributed by atoms with Gasteiger partial charge < -0.3 is 9.80 Å². The first-order valence-electron chi connectivity index (χ1n) is 12.0. The summed E-state index contributed by atoms with van der Waals surface area (Å²) in [7, 11) is 0. The van der Waals surface area contributed by atoms with Crippen molar-refractivity contribution in [2.45, 2.75) is 32.6 Å². The molecule has 0 radical (unpaired) electrons. The Morgan fingerprint density at radius 3 is 2.15 bits per heavy atom. The van der Waals surface area contributed by atoms with E-state index in [1.807, 2.05) is 48.2 Å². The Kier molecular flexibility index (Phi) is 6.59. The summed E-state index contributed by atoms with van der Waals surface area (Å²) in [6.07, 6.45) is 1.49. The number of aromatic nitrogens is 2. The molecule has 5 nitrogen and oxygen atoms in total. The molecule has 1 amide bonds. The molecule has 4 aromatic rings. The standard InChI is InChI=1S/C28H30N4OS/c1-3-23-18-25-27(29-20(2)30-28(25)34-23)32-16-14-31(15-17-32)26(33)19-24(21-10-6-4-7-11-21)22-12-8-5-9-13-22/h4-13,18,24H,3,14-17,19H2,1-2H3. The van der Waals surface area contributed by atoms with Crippen LogP contribution >= 0.6 is 11.3 Å². The Bertz CT molecular complexity index is 1220. The maximum Gasteiger partial charge on any atom is 0.223 e. The molecule has 3 heterocycles. The predicted octanol–water partition coefficient (Wildman–Crippen LogP) is 5.43. The zero-order chi connectivity index (χ0) is 23.5. The molecule has 2 aromatic carbocycles. The smallest absolute Gasteiger partial charge is 0.223 e. The minimum absolute atomic E-state index is 0.0651. The second-order valence-electron chi connectivity index (χ2n) is 8.83. The van der Waals surface area contributed by atoms with E-state index in [9.17, 15) is 4.79 Å². The molecule has 1 fully saturated rings. The molecule has 2 aromatic heterocycles. The van der Waals surface area contributed by atoms with E-state index in [1.54, 1.807) is 11.3 Å². The molecule has 0 saturated carbocycles. The number of benzene rings is 2. The van der Waals surface area contributed by atoms with Crippen LogP contribution in [0.25, 0.3) is 10.2 Å². The molecule has 1 aliphatic rings. The number of carbonyl (C=O) groups excluding carboxylic acids is 1. The number of rotatable bonds is 6. The van der Waals surface area contributed by atoms with Gasteiger partial charge in [0.2, 0.25) is 5.91 Å². The maximum absolute atomic E-state index is 13.4. The molecule has 0 unspecified atom stereocenters. The Morgan fingerprint density at radius 1 is 0.941 bits per heavy atom. The van der Waals surface area contributed by atoms with E-state index in [-0.39, 0.29) is 11.8 Å². The summed E-state index contributed by atoms with van der Waals surface area (Å²) in [5.41, 5.74) is 2.37. The third kappa shape index (κ3) is 4.68. The lowest BCUT2D eigenvalue weighted by Crippen LogP contribution is -2.49. The minimum atomic E-state index is 0.0651. The Labute approximate surface area is 205 Å². The van der Waals surface area contributed by atoms with Gasteiger partial charge >= 0.3 is 0 Å². The number of aryl methyl sites for hydroxylation is 2. The van der Waals surface area contributed by atoms with E-state index >= 15 is 0 Å². The molecule has 0 spiro atoms. The first-order valence-corrected chi connectivity index (χ1v) is 12.8. The first kappa shape index (κ1) is 22.5. The van der Waals surface area contributed by atoms with E-state index < -0.39 is 0 Å². The SMILES string of the molecule is CCc1cc2c(N3CCN(C(=O)CC(c4ccccc4)c4ccccc4)CC3)nc(C)nc2s1. The van der Waals surface area contributed by atoms with Crippen LogP contribution in [0.2, 0.25) is 0 Å². The van der Waals surface area contributed by atoms with Crippen molar-refractivity contribution < 1.29 is 4.79 Å². The van der Waals surface area contributed by atoms with Gasteiger partial charge in [-0.2, -0.15) is 0 Å². The highest BCUT2D eigenvalue weighted by molar-refractivity contribution is 7.18. The van der Waals surface area contributed by atoms with Crippen LogP contribution in [0.1, 0.15) is 41.1 Å². The topological polar surface area (TPSA) is 49.3 Å². The first-order chi connectivity index (χ1) is 16.6. The predicted molar refractivity (Wildman–Crippen MR) is 140 cm³/mol. The number of hydrogen-bond donors (Lipinski definition) is 0.